The second-order valence-electron chi connectivity index (χ2n) is 12.3. The molecule has 0 aliphatic carbocycles. The number of halogens is 3. The molecule has 0 unspecified atom stereocenters. The number of benzene rings is 3. The van der Waals surface area contributed by atoms with Crippen LogP contribution in [0, 0.1) is 0 Å². The van der Waals surface area contributed by atoms with Gasteiger partial charge in [0.15, 0.2) is 11.7 Å². The number of Topliss-reactive ketones (excluding diaryl/α,β-unsaturated/α-hetero) is 1. The van der Waals surface area contributed by atoms with Crippen molar-refractivity contribution < 1.29 is 32.7 Å². The highest BCUT2D eigenvalue weighted by Gasteiger charge is 2.39. The minimum Gasteiger partial charge on any atom is -0.480 e. The lowest BCUT2D eigenvalue weighted by atomic mass is 10.0. The number of amides is 2. The Morgan fingerprint density at radius 1 is 0.981 bits per heavy atom. The summed E-state index contributed by atoms with van der Waals surface area (Å²) in [5.74, 6) is -2.59. The summed E-state index contributed by atoms with van der Waals surface area (Å²) >= 11 is 10.0. The molecular formula is C35H46Cl3N7O7S. The number of anilines is 1. The zero-order valence-electron chi connectivity index (χ0n) is 29.4. The van der Waals surface area contributed by atoms with Crippen LogP contribution in [0.25, 0.3) is 10.8 Å². The number of aliphatic imine (C=N–C) groups is 1. The monoisotopic (exact) mass is 813 g/mol. The zero-order chi connectivity index (χ0) is 38.4. The highest BCUT2D eigenvalue weighted by Crippen LogP contribution is 2.25. The van der Waals surface area contributed by atoms with E-state index in [1.165, 1.54) is 11.0 Å². The number of aliphatic carboxylic acids is 1. The number of nitrogens with zero attached hydrogens (tertiary/aromatic N) is 3. The molecule has 1 aliphatic rings. The topological polar surface area (TPSA) is 218 Å². The second-order valence-corrected chi connectivity index (χ2v) is 14.5. The van der Waals surface area contributed by atoms with Crippen molar-refractivity contribution in [3.8, 4) is 0 Å². The van der Waals surface area contributed by atoms with E-state index >= 15 is 0 Å². The third-order valence-electron chi connectivity index (χ3n) is 8.20. The average Bonchev–Trinajstić information content (AvgIpc) is 3.62. The zero-order valence-corrected chi connectivity index (χ0v) is 32.6. The molecule has 290 valence electrons. The molecule has 2 amide bonds. The maximum absolute atomic E-state index is 14.0. The lowest BCUT2D eigenvalue weighted by Gasteiger charge is -2.29. The first-order valence-electron chi connectivity index (χ1n) is 16.5. The fourth-order valence-electron chi connectivity index (χ4n) is 5.51. The molecule has 4 rings (SSSR count). The molecule has 3 aromatic carbocycles. The van der Waals surface area contributed by atoms with Crippen LogP contribution in [0.1, 0.15) is 31.2 Å². The summed E-state index contributed by atoms with van der Waals surface area (Å²) in [6.45, 7) is 0.419. The predicted octanol–water partition coefficient (Wildman–Crippen LogP) is 2.86. The van der Waals surface area contributed by atoms with E-state index in [2.05, 4.69) is 15.0 Å². The predicted molar refractivity (Wildman–Crippen MR) is 210 cm³/mol. The highest BCUT2D eigenvalue weighted by atomic mass is 35.5. The molecule has 0 saturated carbocycles. The minimum atomic E-state index is -4.17. The summed E-state index contributed by atoms with van der Waals surface area (Å²) in [7, 11) is -0.332. The fraction of sp³-hybridized carbons (Fsp3) is 0.400. The number of sulfonamides is 1. The van der Waals surface area contributed by atoms with Gasteiger partial charge in [-0.25, -0.2) is 13.2 Å². The van der Waals surface area contributed by atoms with Gasteiger partial charge in [-0.3, -0.25) is 19.4 Å². The number of carboxylic acids is 1. The van der Waals surface area contributed by atoms with Crippen LogP contribution in [0.15, 0.2) is 76.6 Å². The van der Waals surface area contributed by atoms with Crippen LogP contribution in [-0.2, 0) is 35.6 Å². The first-order valence-corrected chi connectivity index (χ1v) is 19.0. The average molecular weight is 815 g/mol. The van der Waals surface area contributed by atoms with Gasteiger partial charge in [-0.1, -0.05) is 42.5 Å². The number of nitrogens with two attached hydrogens (primary N) is 2. The van der Waals surface area contributed by atoms with Gasteiger partial charge in [0.25, 0.3) is 0 Å². The van der Waals surface area contributed by atoms with Gasteiger partial charge in [0.1, 0.15) is 18.1 Å². The number of carbonyl (C=O) groups is 4. The van der Waals surface area contributed by atoms with E-state index in [4.69, 9.17) is 34.7 Å². The third kappa shape index (κ3) is 13.6. The number of likely N-dealkylation sites (tertiary alicyclic amines) is 1. The number of nitrogens with one attached hydrogen (secondary N) is 2. The Labute approximate surface area is 325 Å². The van der Waals surface area contributed by atoms with Crippen LogP contribution in [0.5, 0.6) is 0 Å². The SMILES string of the molecule is CN(C)c1ccc2cc(S(=O)(=O)N[C@H](Cc3ccccc3)C(=O)N3CCC[C@H]3C(=O)N[C@@H](CCCN=C(N)N)C(=O)O)ccc2c1.Cl.O=C(CCl)CCl. The summed E-state index contributed by atoms with van der Waals surface area (Å²) in [6, 6.07) is 16.1. The molecule has 3 aromatic rings. The molecule has 53 heavy (non-hydrogen) atoms. The Balaban J connectivity index is 0.00000128. The number of hydrogen-bond acceptors (Lipinski definition) is 8. The fourth-order valence-corrected chi connectivity index (χ4v) is 7.02. The van der Waals surface area contributed by atoms with Crippen molar-refractivity contribution in [1.82, 2.24) is 14.9 Å². The number of fused-ring (bicyclic) bond motifs is 1. The first-order chi connectivity index (χ1) is 24.7. The van der Waals surface area contributed by atoms with E-state index in [0.29, 0.717) is 19.3 Å². The Morgan fingerprint density at radius 3 is 2.21 bits per heavy atom. The summed E-state index contributed by atoms with van der Waals surface area (Å²) in [4.78, 5) is 56.3. The van der Waals surface area contributed by atoms with Crippen LogP contribution >= 0.6 is 35.6 Å². The number of hydrogen-bond donors (Lipinski definition) is 5. The van der Waals surface area contributed by atoms with Gasteiger partial charge in [0, 0.05) is 32.9 Å². The van der Waals surface area contributed by atoms with Crippen LogP contribution in [0.2, 0.25) is 0 Å². The van der Waals surface area contributed by atoms with E-state index in [1.807, 2.05) is 43.3 Å². The normalized spacial score (nSPS) is 14.9. The van der Waals surface area contributed by atoms with E-state index in [1.54, 1.807) is 36.4 Å². The van der Waals surface area contributed by atoms with Crippen molar-refractivity contribution in [2.45, 2.75) is 55.1 Å². The Kier molecular flexibility index (Phi) is 18.3. The van der Waals surface area contributed by atoms with Crippen LogP contribution < -0.4 is 26.4 Å². The van der Waals surface area contributed by atoms with E-state index in [9.17, 15) is 32.7 Å². The Bertz CT molecular complexity index is 1840. The second kappa shape index (κ2) is 21.5. The molecule has 14 nitrogen and oxygen atoms in total. The number of alkyl halides is 2. The molecule has 0 aromatic heterocycles. The van der Waals surface area contributed by atoms with Gasteiger partial charge in [-0.15, -0.1) is 35.6 Å². The Morgan fingerprint density at radius 2 is 1.62 bits per heavy atom. The van der Waals surface area contributed by atoms with Crippen molar-refractivity contribution in [1.29, 1.82) is 0 Å². The van der Waals surface area contributed by atoms with Gasteiger partial charge in [-0.2, -0.15) is 4.72 Å². The standard InChI is InChI=1S/C32H41N7O6S.C3H4Cl2O.ClH/c1-38(2)24-14-12-23-20-25(15-13-22(23)19-24)46(44,45)37-27(18-21-8-4-3-5-9-21)30(41)39-17-7-11-28(39)29(40)36-26(31(42)43)10-6-16-35-32(33)34;4-1-3(6)2-5;/h3-5,8-9,12-15,19-20,26-28,37H,6-7,10-11,16-18H2,1-2H3,(H,36,40)(H,42,43)(H4,33,34,35);1-2H2;1H/t26-,27+,28-;;/m0../s1. The minimum absolute atomic E-state index is 0. The first kappa shape index (κ1) is 45.0. The van der Waals surface area contributed by atoms with Gasteiger partial charge >= 0.3 is 5.97 Å². The molecule has 1 heterocycles. The number of guanidine groups is 1. The Hall–Kier alpha value is -4.15. The number of carbonyl (C=O) groups excluding carboxylic acids is 3. The molecule has 0 spiro atoms. The molecule has 1 saturated heterocycles. The van der Waals surface area contributed by atoms with Crippen molar-refractivity contribution in [3.63, 3.8) is 0 Å². The maximum Gasteiger partial charge on any atom is 0.326 e. The van der Waals surface area contributed by atoms with Gasteiger partial charge < -0.3 is 31.7 Å². The lowest BCUT2D eigenvalue weighted by molar-refractivity contribution is -0.144. The summed E-state index contributed by atoms with van der Waals surface area (Å²) in [5.41, 5.74) is 12.3. The van der Waals surface area contributed by atoms with Crippen molar-refractivity contribution in [2.75, 3.05) is 43.8 Å². The smallest absolute Gasteiger partial charge is 0.326 e. The lowest BCUT2D eigenvalue weighted by Crippen LogP contribution is -2.55. The van der Waals surface area contributed by atoms with E-state index < -0.39 is 45.9 Å². The number of rotatable bonds is 16. The summed E-state index contributed by atoms with van der Waals surface area (Å²) < 4.78 is 30.0. The van der Waals surface area contributed by atoms with Crippen LogP contribution in [0.3, 0.4) is 0 Å². The van der Waals surface area contributed by atoms with Crippen LogP contribution in [-0.4, -0.2) is 105 Å². The highest BCUT2D eigenvalue weighted by molar-refractivity contribution is 7.89. The summed E-state index contributed by atoms with van der Waals surface area (Å²) in [6.07, 6.45) is 1.25. The molecule has 3 atom stereocenters. The number of carboxylic acid groups (broad SMARTS) is 1. The number of ketones is 1. The molecular weight excluding hydrogens is 769 g/mol. The van der Waals surface area contributed by atoms with Crippen LogP contribution in [0.4, 0.5) is 5.69 Å². The third-order valence-corrected chi connectivity index (χ3v) is 10.3. The quantitative estimate of drug-likeness (QED) is 0.0617. The maximum atomic E-state index is 14.0. The molecule has 0 radical (unpaired) electrons. The van der Waals surface area contributed by atoms with Gasteiger partial charge in [-0.05, 0) is 72.7 Å². The van der Waals surface area contributed by atoms with Crippen molar-refractivity contribution in [3.05, 3.63) is 72.3 Å². The summed E-state index contributed by atoms with van der Waals surface area (Å²) in [5, 5.41) is 13.8. The molecule has 18 heteroatoms. The van der Waals surface area contributed by atoms with Gasteiger partial charge in [0.05, 0.1) is 16.7 Å². The van der Waals surface area contributed by atoms with E-state index in [-0.39, 0.29) is 66.7 Å². The largest absolute Gasteiger partial charge is 0.480 e. The van der Waals surface area contributed by atoms with Crippen molar-refractivity contribution >= 4 is 91.6 Å². The molecule has 0 bridgehead atoms. The van der Waals surface area contributed by atoms with E-state index in [0.717, 1.165) is 22.0 Å². The molecule has 1 fully saturated rings. The molecule has 7 N–H and O–H groups in total. The van der Waals surface area contributed by atoms with Gasteiger partial charge in [0.2, 0.25) is 21.8 Å². The van der Waals surface area contributed by atoms with Crippen molar-refractivity contribution in [2.24, 2.45) is 16.5 Å². The molecule has 1 aliphatic heterocycles.